The van der Waals surface area contributed by atoms with Crippen LogP contribution in [0.4, 0.5) is 0 Å². The Kier molecular flexibility index (Phi) is 3.54. The molecule has 16 heavy (non-hydrogen) atoms. The van der Waals surface area contributed by atoms with Crippen LogP contribution in [0.2, 0.25) is 0 Å². The number of carbonyl (C=O) groups excluding carboxylic acids is 1. The van der Waals surface area contributed by atoms with Gasteiger partial charge in [0.1, 0.15) is 0 Å². The number of aliphatic carboxylic acids is 1. The number of nitrogens with zero attached hydrogens (tertiary/aromatic N) is 1. The van der Waals surface area contributed by atoms with Gasteiger partial charge < -0.3 is 10.4 Å². The molecule has 0 heterocycles. The highest BCUT2D eigenvalue weighted by molar-refractivity contribution is 6.06. The van der Waals surface area contributed by atoms with Crippen LogP contribution in [0, 0.1) is 10.1 Å². The Morgan fingerprint density at radius 1 is 1.62 bits per heavy atom. The van der Waals surface area contributed by atoms with Crippen molar-refractivity contribution in [2.24, 2.45) is 0 Å². The number of carboxylic acids is 1. The zero-order valence-electron chi connectivity index (χ0n) is 8.04. The molecule has 0 aromatic rings. The summed E-state index contributed by atoms with van der Waals surface area (Å²) in [7, 11) is 0. The lowest BCUT2D eigenvalue weighted by atomic mass is 10.0. The summed E-state index contributed by atoms with van der Waals surface area (Å²) in [6.45, 7) is 0. The summed E-state index contributed by atoms with van der Waals surface area (Å²) < 4.78 is 0. The lowest BCUT2D eigenvalue weighted by Gasteiger charge is -2.10. The monoisotopic (exact) mass is 224 g/mol. The van der Waals surface area contributed by atoms with Crippen molar-refractivity contribution in [1.82, 2.24) is 5.32 Å². The minimum atomic E-state index is -1.26. The smallest absolute Gasteiger partial charge is 0.337 e. The first-order chi connectivity index (χ1) is 7.52. The summed E-state index contributed by atoms with van der Waals surface area (Å²) >= 11 is 0. The zero-order chi connectivity index (χ0) is 12.1. The molecule has 84 valence electrons. The molecule has 0 bridgehead atoms. The van der Waals surface area contributed by atoms with Crippen molar-refractivity contribution in [1.29, 1.82) is 0 Å². The first-order valence-corrected chi connectivity index (χ1v) is 4.26. The molecule has 0 spiro atoms. The van der Waals surface area contributed by atoms with E-state index in [0.717, 1.165) is 6.20 Å². The maximum Gasteiger partial charge on any atom is 0.337 e. The van der Waals surface area contributed by atoms with E-state index in [0.29, 0.717) is 6.20 Å². The van der Waals surface area contributed by atoms with E-state index < -0.39 is 16.7 Å². The van der Waals surface area contributed by atoms with Crippen LogP contribution in [0.15, 0.2) is 35.8 Å². The molecule has 1 aliphatic rings. The normalized spacial score (nSPS) is 15.6. The first kappa shape index (κ1) is 11.6. The van der Waals surface area contributed by atoms with E-state index in [1.807, 2.05) is 0 Å². The molecular formula is C9H8N2O5. The van der Waals surface area contributed by atoms with Crippen LogP contribution in [0.25, 0.3) is 0 Å². The highest BCUT2D eigenvalue weighted by Crippen LogP contribution is 2.13. The molecule has 0 saturated carbocycles. The molecule has 0 aromatic heterocycles. The highest BCUT2D eigenvalue weighted by atomic mass is 16.6. The van der Waals surface area contributed by atoms with Gasteiger partial charge in [0.15, 0.2) is 5.78 Å². The molecule has 2 N–H and O–H groups in total. The van der Waals surface area contributed by atoms with Gasteiger partial charge in [-0.15, -0.1) is 0 Å². The van der Waals surface area contributed by atoms with Gasteiger partial charge in [-0.05, 0) is 6.08 Å². The standard InChI is InChI=1S/C9H8N2O5/c12-7-3-1-2-6(9(13)14)8(7)10-4-5-11(15)16/h1-2,4-5,10H,3H2,(H,13,14). The quantitative estimate of drug-likeness (QED) is 0.521. The Morgan fingerprint density at radius 3 is 2.88 bits per heavy atom. The molecule has 1 rings (SSSR count). The van der Waals surface area contributed by atoms with Gasteiger partial charge in [-0.2, -0.15) is 0 Å². The number of carbonyl (C=O) groups is 2. The van der Waals surface area contributed by atoms with Crippen LogP contribution in [0.5, 0.6) is 0 Å². The summed E-state index contributed by atoms with van der Waals surface area (Å²) in [5, 5.41) is 21.1. The number of carboxylic acid groups (broad SMARTS) is 1. The largest absolute Gasteiger partial charge is 0.478 e. The topological polar surface area (TPSA) is 110 Å². The summed E-state index contributed by atoms with van der Waals surface area (Å²) in [5.41, 5.74) is -0.350. The number of hydrogen-bond acceptors (Lipinski definition) is 5. The van der Waals surface area contributed by atoms with Crippen molar-refractivity contribution < 1.29 is 19.6 Å². The number of rotatable bonds is 4. The lowest BCUT2D eigenvalue weighted by molar-refractivity contribution is -0.402. The van der Waals surface area contributed by atoms with Crippen LogP contribution in [0.3, 0.4) is 0 Å². The fourth-order valence-corrected chi connectivity index (χ4v) is 1.14. The molecule has 0 radical (unpaired) electrons. The average Bonchev–Trinajstić information content (AvgIpc) is 2.19. The Morgan fingerprint density at radius 2 is 2.31 bits per heavy atom. The van der Waals surface area contributed by atoms with Gasteiger partial charge in [0.05, 0.1) is 22.4 Å². The van der Waals surface area contributed by atoms with Crippen molar-refractivity contribution in [3.63, 3.8) is 0 Å². The van der Waals surface area contributed by atoms with Gasteiger partial charge in [0.2, 0.25) is 6.20 Å². The molecular weight excluding hydrogens is 216 g/mol. The fourth-order valence-electron chi connectivity index (χ4n) is 1.14. The minimum Gasteiger partial charge on any atom is -0.478 e. The third-order valence-corrected chi connectivity index (χ3v) is 1.79. The average molecular weight is 224 g/mol. The number of nitro groups is 1. The summed E-state index contributed by atoms with van der Waals surface area (Å²) in [4.78, 5) is 31.4. The molecule has 0 amide bonds. The van der Waals surface area contributed by atoms with Crippen molar-refractivity contribution in [2.75, 3.05) is 0 Å². The van der Waals surface area contributed by atoms with E-state index in [-0.39, 0.29) is 17.7 Å². The summed E-state index contributed by atoms with van der Waals surface area (Å²) in [6, 6.07) is 0. The van der Waals surface area contributed by atoms with Crippen molar-refractivity contribution in [2.45, 2.75) is 6.42 Å². The number of Topliss-reactive ketones (excluding diaryl/α,β-unsaturated/α-hetero) is 1. The van der Waals surface area contributed by atoms with Gasteiger partial charge in [-0.1, -0.05) is 6.08 Å². The minimum absolute atomic E-state index is 0.0748. The number of ketones is 1. The van der Waals surface area contributed by atoms with E-state index in [1.165, 1.54) is 12.2 Å². The van der Waals surface area contributed by atoms with Gasteiger partial charge in [0.25, 0.3) is 0 Å². The molecule has 0 saturated heterocycles. The van der Waals surface area contributed by atoms with E-state index >= 15 is 0 Å². The number of allylic oxidation sites excluding steroid dienone is 2. The van der Waals surface area contributed by atoms with Crippen LogP contribution in [-0.2, 0) is 9.59 Å². The van der Waals surface area contributed by atoms with Gasteiger partial charge in [0, 0.05) is 6.42 Å². The Labute approximate surface area is 89.9 Å². The molecule has 1 aliphatic carbocycles. The van der Waals surface area contributed by atoms with Gasteiger partial charge >= 0.3 is 5.97 Å². The lowest BCUT2D eigenvalue weighted by Crippen LogP contribution is -2.22. The molecule has 0 atom stereocenters. The third kappa shape index (κ3) is 2.77. The van der Waals surface area contributed by atoms with Crippen molar-refractivity contribution >= 4 is 11.8 Å². The Hall–Kier alpha value is -2.44. The molecule has 0 aliphatic heterocycles. The van der Waals surface area contributed by atoms with Crippen LogP contribution >= 0.6 is 0 Å². The molecule has 0 fully saturated rings. The Balaban J connectivity index is 2.94. The van der Waals surface area contributed by atoms with E-state index in [9.17, 15) is 19.7 Å². The SMILES string of the molecule is O=C(O)C1=C(NC=C[N+](=O)[O-])C(=O)CC=C1. The molecule has 7 heteroatoms. The maximum atomic E-state index is 11.3. The second-order valence-electron chi connectivity index (χ2n) is 2.87. The van der Waals surface area contributed by atoms with Crippen molar-refractivity contribution in [3.05, 3.63) is 45.9 Å². The van der Waals surface area contributed by atoms with Crippen LogP contribution in [0.1, 0.15) is 6.42 Å². The molecule has 0 aromatic carbocycles. The predicted molar refractivity (Wildman–Crippen MR) is 52.7 cm³/mol. The Bertz CT molecular complexity index is 433. The van der Waals surface area contributed by atoms with Crippen molar-refractivity contribution in [3.8, 4) is 0 Å². The van der Waals surface area contributed by atoms with E-state index in [1.54, 1.807) is 0 Å². The number of hydrogen-bond donors (Lipinski definition) is 2. The van der Waals surface area contributed by atoms with Crippen LogP contribution < -0.4 is 5.32 Å². The first-order valence-electron chi connectivity index (χ1n) is 4.26. The predicted octanol–water partition coefficient (Wildman–Crippen LogP) is 0.192. The third-order valence-electron chi connectivity index (χ3n) is 1.79. The van der Waals surface area contributed by atoms with Crippen LogP contribution in [-0.4, -0.2) is 21.8 Å². The second kappa shape index (κ2) is 4.87. The van der Waals surface area contributed by atoms with E-state index in [4.69, 9.17) is 5.11 Å². The zero-order valence-corrected chi connectivity index (χ0v) is 8.04. The number of nitrogens with one attached hydrogen (secondary N) is 1. The van der Waals surface area contributed by atoms with E-state index in [2.05, 4.69) is 5.32 Å². The molecule has 0 unspecified atom stereocenters. The second-order valence-corrected chi connectivity index (χ2v) is 2.87. The summed E-state index contributed by atoms with van der Waals surface area (Å²) in [5.74, 6) is -1.69. The van der Waals surface area contributed by atoms with Gasteiger partial charge in [-0.25, -0.2) is 4.79 Å². The highest BCUT2D eigenvalue weighted by Gasteiger charge is 2.20. The molecule has 7 nitrogen and oxygen atoms in total. The fraction of sp³-hybridized carbons (Fsp3) is 0.111. The van der Waals surface area contributed by atoms with Gasteiger partial charge in [-0.3, -0.25) is 14.9 Å². The summed E-state index contributed by atoms with van der Waals surface area (Å²) in [6.07, 6.45) is 4.28. The maximum absolute atomic E-state index is 11.3.